The molecule has 1 aliphatic rings. The highest BCUT2D eigenvalue weighted by molar-refractivity contribution is 6.27. The Bertz CT molecular complexity index is 1150. The van der Waals surface area contributed by atoms with E-state index in [4.69, 9.17) is 24.5 Å². The summed E-state index contributed by atoms with van der Waals surface area (Å²) in [5.41, 5.74) is 1.30. The number of carboxylic acids is 2. The van der Waals surface area contributed by atoms with E-state index in [-0.39, 0.29) is 11.5 Å². The third-order valence-corrected chi connectivity index (χ3v) is 5.23. The summed E-state index contributed by atoms with van der Waals surface area (Å²) in [6.45, 7) is 3.47. The number of para-hydroxylation sites is 1. The van der Waals surface area contributed by atoms with E-state index in [1.165, 1.54) is 6.07 Å². The van der Waals surface area contributed by atoms with Gasteiger partial charge in [-0.1, -0.05) is 42.5 Å². The number of nitrogens with zero attached hydrogens (tertiary/aromatic N) is 2. The summed E-state index contributed by atoms with van der Waals surface area (Å²) >= 11 is 0. The first kappa shape index (κ1) is 25.4. The van der Waals surface area contributed by atoms with E-state index in [2.05, 4.69) is 11.0 Å². The molecule has 2 N–H and O–H groups in total. The van der Waals surface area contributed by atoms with Crippen molar-refractivity contribution in [2.45, 2.75) is 6.54 Å². The molecule has 3 aromatic carbocycles. The molecular weight excluding hydrogens is 455 g/mol. The van der Waals surface area contributed by atoms with Gasteiger partial charge in [-0.15, -0.1) is 0 Å². The minimum absolute atomic E-state index is 0.145. The van der Waals surface area contributed by atoms with Crippen LogP contribution in [0.5, 0.6) is 11.5 Å². The van der Waals surface area contributed by atoms with Gasteiger partial charge in [0.15, 0.2) is 0 Å². The fourth-order valence-corrected chi connectivity index (χ4v) is 3.50. The zero-order valence-corrected chi connectivity index (χ0v) is 18.8. The maximum atomic E-state index is 13.9. The number of rotatable bonds is 5. The molecule has 4 rings (SSSR count). The predicted octanol–water partition coefficient (Wildman–Crippen LogP) is 3.73. The molecule has 3 aromatic rings. The molecule has 1 amide bonds. The number of carbonyl (C=O) groups excluding carboxylic acids is 1. The number of hydrogen-bond acceptors (Lipinski definition) is 5. The minimum atomic E-state index is -1.82. The van der Waals surface area contributed by atoms with Crippen LogP contribution in [0.25, 0.3) is 0 Å². The lowest BCUT2D eigenvalue weighted by atomic mass is 10.1. The molecule has 1 fully saturated rings. The van der Waals surface area contributed by atoms with Crippen LogP contribution in [0.1, 0.15) is 15.9 Å². The SMILES string of the molecule is O=C(O)C(=O)O.O=C(c1ccccc1F)N1CCN(Cc2cccc(Oc3ccccc3)c2)CC1. The van der Waals surface area contributed by atoms with Gasteiger partial charge in [-0.25, -0.2) is 14.0 Å². The van der Waals surface area contributed by atoms with Crippen LogP contribution in [0.4, 0.5) is 4.39 Å². The highest BCUT2D eigenvalue weighted by atomic mass is 19.1. The van der Waals surface area contributed by atoms with Crippen LogP contribution < -0.4 is 4.74 Å². The van der Waals surface area contributed by atoms with Gasteiger partial charge in [0, 0.05) is 32.7 Å². The maximum absolute atomic E-state index is 13.9. The summed E-state index contributed by atoms with van der Waals surface area (Å²) in [5.74, 6) is -2.73. The van der Waals surface area contributed by atoms with Gasteiger partial charge in [-0.05, 0) is 42.0 Å². The summed E-state index contributed by atoms with van der Waals surface area (Å²) in [6, 6.07) is 23.9. The Morgan fingerprint density at radius 3 is 2.00 bits per heavy atom. The monoisotopic (exact) mass is 480 g/mol. The van der Waals surface area contributed by atoms with Crippen molar-refractivity contribution in [3.63, 3.8) is 0 Å². The van der Waals surface area contributed by atoms with Crippen LogP contribution >= 0.6 is 0 Å². The minimum Gasteiger partial charge on any atom is -0.473 e. The average Bonchev–Trinajstić information content (AvgIpc) is 2.86. The molecule has 1 heterocycles. The van der Waals surface area contributed by atoms with Crippen molar-refractivity contribution in [2.75, 3.05) is 26.2 Å². The summed E-state index contributed by atoms with van der Waals surface area (Å²) < 4.78 is 19.8. The van der Waals surface area contributed by atoms with Crippen molar-refractivity contribution >= 4 is 17.8 Å². The van der Waals surface area contributed by atoms with Crippen LogP contribution in [0.2, 0.25) is 0 Å². The summed E-state index contributed by atoms with van der Waals surface area (Å²) in [6.07, 6.45) is 0. The first-order chi connectivity index (χ1) is 16.8. The fraction of sp³-hybridized carbons (Fsp3) is 0.192. The Kier molecular flexibility index (Phi) is 8.91. The molecule has 0 atom stereocenters. The van der Waals surface area contributed by atoms with E-state index in [1.54, 1.807) is 23.1 Å². The second kappa shape index (κ2) is 12.3. The smallest absolute Gasteiger partial charge is 0.414 e. The van der Waals surface area contributed by atoms with Crippen LogP contribution in [-0.2, 0) is 16.1 Å². The molecule has 9 heteroatoms. The largest absolute Gasteiger partial charge is 0.473 e. The van der Waals surface area contributed by atoms with Crippen molar-refractivity contribution < 1.29 is 33.7 Å². The molecule has 0 unspecified atom stereocenters. The molecule has 0 aromatic heterocycles. The zero-order valence-electron chi connectivity index (χ0n) is 18.8. The highest BCUT2D eigenvalue weighted by Gasteiger charge is 2.23. The van der Waals surface area contributed by atoms with Gasteiger partial charge in [0.05, 0.1) is 5.56 Å². The predicted molar refractivity (Wildman–Crippen MR) is 126 cm³/mol. The number of carbonyl (C=O) groups is 3. The number of piperazine rings is 1. The molecule has 0 saturated carbocycles. The van der Waals surface area contributed by atoms with Crippen molar-refractivity contribution in [3.8, 4) is 11.5 Å². The van der Waals surface area contributed by atoms with E-state index < -0.39 is 17.8 Å². The second-order valence-electron chi connectivity index (χ2n) is 7.72. The number of amides is 1. The van der Waals surface area contributed by atoms with Gasteiger partial charge >= 0.3 is 11.9 Å². The first-order valence-electron chi connectivity index (χ1n) is 10.9. The highest BCUT2D eigenvalue weighted by Crippen LogP contribution is 2.23. The topological polar surface area (TPSA) is 107 Å². The fourth-order valence-electron chi connectivity index (χ4n) is 3.50. The average molecular weight is 480 g/mol. The maximum Gasteiger partial charge on any atom is 0.414 e. The van der Waals surface area contributed by atoms with E-state index in [0.717, 1.165) is 36.7 Å². The lowest BCUT2D eigenvalue weighted by Crippen LogP contribution is -2.48. The van der Waals surface area contributed by atoms with Gasteiger partial charge in [-0.3, -0.25) is 9.69 Å². The number of halogens is 1. The molecule has 0 aliphatic carbocycles. The van der Waals surface area contributed by atoms with Gasteiger partial charge in [0.2, 0.25) is 0 Å². The summed E-state index contributed by atoms with van der Waals surface area (Å²) in [4.78, 5) is 34.8. The van der Waals surface area contributed by atoms with Gasteiger partial charge in [0.1, 0.15) is 17.3 Å². The van der Waals surface area contributed by atoms with E-state index in [9.17, 15) is 9.18 Å². The van der Waals surface area contributed by atoms with E-state index >= 15 is 0 Å². The number of carboxylic acid groups (broad SMARTS) is 2. The quantitative estimate of drug-likeness (QED) is 0.536. The van der Waals surface area contributed by atoms with Crippen LogP contribution in [0, 0.1) is 5.82 Å². The lowest BCUT2D eigenvalue weighted by Gasteiger charge is -2.34. The Morgan fingerprint density at radius 1 is 0.771 bits per heavy atom. The van der Waals surface area contributed by atoms with Crippen molar-refractivity contribution in [1.29, 1.82) is 0 Å². The van der Waals surface area contributed by atoms with E-state index in [1.807, 2.05) is 48.5 Å². The van der Waals surface area contributed by atoms with Crippen LogP contribution in [0.15, 0.2) is 78.9 Å². The molecule has 0 bridgehead atoms. The summed E-state index contributed by atoms with van der Waals surface area (Å²) in [5, 5.41) is 14.8. The van der Waals surface area contributed by atoms with Crippen LogP contribution in [-0.4, -0.2) is 64.0 Å². The zero-order chi connectivity index (χ0) is 25.2. The molecular formula is C26H25FN2O6. The van der Waals surface area contributed by atoms with Gasteiger partial charge in [-0.2, -0.15) is 0 Å². The number of aliphatic carboxylic acids is 2. The normalized spacial score (nSPS) is 13.3. The number of hydrogen-bond donors (Lipinski definition) is 2. The molecule has 1 saturated heterocycles. The standard InChI is InChI=1S/C24H23FN2O2.C2H2O4/c25-23-12-5-4-11-22(23)24(28)27-15-13-26(14-16-27)18-19-7-6-10-21(17-19)29-20-8-2-1-3-9-20;3-1(4)2(5)6/h1-12,17H,13-16,18H2;(H,3,4)(H,5,6). The third-order valence-electron chi connectivity index (χ3n) is 5.23. The number of benzene rings is 3. The Morgan fingerprint density at radius 2 is 1.37 bits per heavy atom. The molecule has 0 radical (unpaired) electrons. The van der Waals surface area contributed by atoms with Crippen molar-refractivity contribution in [3.05, 3.63) is 95.8 Å². The lowest BCUT2D eigenvalue weighted by molar-refractivity contribution is -0.159. The van der Waals surface area contributed by atoms with Gasteiger partial charge < -0.3 is 19.8 Å². The second-order valence-corrected chi connectivity index (χ2v) is 7.72. The van der Waals surface area contributed by atoms with Crippen molar-refractivity contribution in [1.82, 2.24) is 9.80 Å². The Labute approximate surface area is 201 Å². The van der Waals surface area contributed by atoms with Crippen molar-refractivity contribution in [2.24, 2.45) is 0 Å². The summed E-state index contributed by atoms with van der Waals surface area (Å²) in [7, 11) is 0. The first-order valence-corrected chi connectivity index (χ1v) is 10.9. The Balaban J connectivity index is 0.000000509. The molecule has 1 aliphatic heterocycles. The Hall–Kier alpha value is -4.24. The molecule has 8 nitrogen and oxygen atoms in total. The molecule has 35 heavy (non-hydrogen) atoms. The molecule has 182 valence electrons. The van der Waals surface area contributed by atoms with Crippen LogP contribution in [0.3, 0.4) is 0 Å². The third kappa shape index (κ3) is 7.65. The molecule has 0 spiro atoms. The van der Waals surface area contributed by atoms with Gasteiger partial charge in [0.25, 0.3) is 5.91 Å². The van der Waals surface area contributed by atoms with E-state index in [0.29, 0.717) is 13.1 Å². The number of ether oxygens (including phenoxy) is 1.